The lowest BCUT2D eigenvalue weighted by Gasteiger charge is -2.11. The van der Waals surface area contributed by atoms with E-state index in [2.05, 4.69) is 38.4 Å². The molecule has 0 spiro atoms. The highest BCUT2D eigenvalue weighted by Gasteiger charge is 2.19. The molecule has 0 bridgehead atoms. The van der Waals surface area contributed by atoms with Crippen LogP contribution in [0.1, 0.15) is 11.1 Å². The molecule has 0 saturated carbocycles. The predicted octanol–water partition coefficient (Wildman–Crippen LogP) is 5.07. The van der Waals surface area contributed by atoms with Crippen molar-refractivity contribution < 1.29 is 0 Å². The van der Waals surface area contributed by atoms with Gasteiger partial charge in [0.05, 0.1) is 5.71 Å². The second-order valence-electron chi connectivity index (χ2n) is 4.98. The molecule has 2 heterocycles. The first-order valence-corrected chi connectivity index (χ1v) is 7.77. The Balaban J connectivity index is 2.03. The van der Waals surface area contributed by atoms with Crippen molar-refractivity contribution in [1.29, 1.82) is 0 Å². The summed E-state index contributed by atoms with van der Waals surface area (Å²) in [5, 5.41) is 3.38. The van der Waals surface area contributed by atoms with Gasteiger partial charge in [0, 0.05) is 27.5 Å². The van der Waals surface area contributed by atoms with Crippen molar-refractivity contribution in [2.75, 3.05) is 5.32 Å². The summed E-state index contributed by atoms with van der Waals surface area (Å²) in [7, 11) is 0. The van der Waals surface area contributed by atoms with Crippen LogP contribution in [0.15, 0.2) is 76.3 Å². The number of nitrogens with zero attached hydrogens (tertiary/aromatic N) is 2. The molecule has 1 aliphatic rings. The standard InChI is InChI=1S/C18H12BrN3/c19-14-8-3-1-6-12(14)17-13-7-2-4-9-15(13)22-18-16(21-17)10-5-11-20-18/h1-11H,(H,20,22). The topological polar surface area (TPSA) is 37.3 Å². The van der Waals surface area contributed by atoms with E-state index in [4.69, 9.17) is 4.99 Å². The molecule has 0 saturated heterocycles. The Bertz CT molecular complexity index is 887. The Morgan fingerprint density at radius 3 is 2.45 bits per heavy atom. The van der Waals surface area contributed by atoms with E-state index >= 15 is 0 Å². The summed E-state index contributed by atoms with van der Waals surface area (Å²) in [4.78, 5) is 9.27. The fourth-order valence-corrected chi connectivity index (χ4v) is 3.02. The number of para-hydroxylation sites is 1. The van der Waals surface area contributed by atoms with Gasteiger partial charge >= 0.3 is 0 Å². The molecule has 0 unspecified atom stereocenters. The van der Waals surface area contributed by atoms with Gasteiger partial charge in [-0.25, -0.2) is 9.98 Å². The lowest BCUT2D eigenvalue weighted by molar-refractivity contribution is 1.30. The minimum Gasteiger partial charge on any atom is -0.338 e. The second kappa shape index (κ2) is 5.39. The molecule has 1 N–H and O–H groups in total. The van der Waals surface area contributed by atoms with Crippen LogP contribution in [0.2, 0.25) is 0 Å². The third-order valence-electron chi connectivity index (χ3n) is 3.58. The molecule has 22 heavy (non-hydrogen) atoms. The molecule has 0 atom stereocenters. The molecule has 3 nitrogen and oxygen atoms in total. The van der Waals surface area contributed by atoms with Crippen LogP contribution in [0, 0.1) is 0 Å². The Labute approximate surface area is 136 Å². The molecule has 106 valence electrons. The number of nitrogens with one attached hydrogen (secondary N) is 1. The summed E-state index contributed by atoms with van der Waals surface area (Å²) in [5.74, 6) is 0.775. The number of aromatic nitrogens is 1. The molecule has 0 amide bonds. The van der Waals surface area contributed by atoms with Crippen LogP contribution < -0.4 is 5.32 Å². The van der Waals surface area contributed by atoms with E-state index in [-0.39, 0.29) is 0 Å². The van der Waals surface area contributed by atoms with Crippen molar-refractivity contribution in [3.63, 3.8) is 0 Å². The minimum atomic E-state index is 0.775. The van der Waals surface area contributed by atoms with E-state index in [1.807, 2.05) is 48.5 Å². The lowest BCUT2D eigenvalue weighted by Crippen LogP contribution is -2.05. The van der Waals surface area contributed by atoms with Crippen molar-refractivity contribution in [2.45, 2.75) is 0 Å². The highest BCUT2D eigenvalue weighted by molar-refractivity contribution is 9.10. The summed E-state index contributed by atoms with van der Waals surface area (Å²) in [6.45, 7) is 0. The third kappa shape index (κ3) is 2.22. The number of fused-ring (bicyclic) bond motifs is 2. The molecular weight excluding hydrogens is 338 g/mol. The number of benzene rings is 2. The van der Waals surface area contributed by atoms with Gasteiger partial charge in [-0.05, 0) is 24.3 Å². The maximum Gasteiger partial charge on any atom is 0.156 e. The SMILES string of the molecule is Brc1ccccc1C1=Nc2cccnc2Nc2ccccc21. The molecule has 1 aromatic heterocycles. The fourth-order valence-electron chi connectivity index (χ4n) is 2.55. The number of hydrogen-bond acceptors (Lipinski definition) is 3. The average molecular weight is 350 g/mol. The predicted molar refractivity (Wildman–Crippen MR) is 93.4 cm³/mol. The van der Waals surface area contributed by atoms with Gasteiger partial charge in [-0.3, -0.25) is 0 Å². The van der Waals surface area contributed by atoms with Crippen LogP contribution in [0.4, 0.5) is 17.2 Å². The Kier molecular flexibility index (Phi) is 3.24. The summed E-state index contributed by atoms with van der Waals surface area (Å²) in [6, 6.07) is 20.2. The first-order valence-electron chi connectivity index (χ1n) is 6.98. The first-order chi connectivity index (χ1) is 10.8. The van der Waals surface area contributed by atoms with Crippen molar-refractivity contribution in [1.82, 2.24) is 4.98 Å². The van der Waals surface area contributed by atoms with E-state index in [1.165, 1.54) is 0 Å². The molecule has 4 rings (SSSR count). The number of anilines is 2. The first kappa shape index (κ1) is 13.2. The van der Waals surface area contributed by atoms with E-state index in [1.54, 1.807) is 6.20 Å². The van der Waals surface area contributed by atoms with Crippen molar-refractivity contribution in [2.24, 2.45) is 4.99 Å². The Morgan fingerprint density at radius 2 is 1.59 bits per heavy atom. The summed E-state index contributed by atoms with van der Waals surface area (Å²) < 4.78 is 1.02. The third-order valence-corrected chi connectivity index (χ3v) is 4.27. The smallest absolute Gasteiger partial charge is 0.156 e. The van der Waals surface area contributed by atoms with Crippen LogP contribution >= 0.6 is 15.9 Å². The van der Waals surface area contributed by atoms with Crippen LogP contribution in [0.25, 0.3) is 0 Å². The average Bonchev–Trinajstić information content (AvgIpc) is 2.72. The molecular formula is C18H12BrN3. The summed E-state index contributed by atoms with van der Waals surface area (Å²) in [6.07, 6.45) is 1.77. The molecule has 0 fully saturated rings. The zero-order valence-electron chi connectivity index (χ0n) is 11.6. The van der Waals surface area contributed by atoms with Crippen molar-refractivity contribution in [3.8, 4) is 0 Å². The molecule has 0 radical (unpaired) electrons. The number of pyridine rings is 1. The monoisotopic (exact) mass is 349 g/mol. The molecule has 0 aliphatic carbocycles. The Morgan fingerprint density at radius 1 is 0.818 bits per heavy atom. The van der Waals surface area contributed by atoms with Gasteiger partial charge in [-0.1, -0.05) is 52.3 Å². The molecule has 3 aromatic rings. The van der Waals surface area contributed by atoms with Gasteiger partial charge in [-0.2, -0.15) is 0 Å². The van der Waals surface area contributed by atoms with E-state index in [9.17, 15) is 0 Å². The maximum absolute atomic E-state index is 4.87. The van der Waals surface area contributed by atoms with Crippen LogP contribution in [0.3, 0.4) is 0 Å². The number of hydrogen-bond donors (Lipinski definition) is 1. The Hall–Kier alpha value is -2.46. The normalized spacial score (nSPS) is 12.5. The van der Waals surface area contributed by atoms with E-state index < -0.39 is 0 Å². The minimum absolute atomic E-state index is 0.775. The van der Waals surface area contributed by atoms with Gasteiger partial charge in [0.2, 0.25) is 0 Å². The zero-order chi connectivity index (χ0) is 14.9. The van der Waals surface area contributed by atoms with E-state index in [0.717, 1.165) is 38.5 Å². The van der Waals surface area contributed by atoms with Gasteiger partial charge in [0.15, 0.2) is 5.82 Å². The summed E-state index contributed by atoms with van der Waals surface area (Å²) >= 11 is 3.63. The maximum atomic E-state index is 4.87. The highest BCUT2D eigenvalue weighted by Crippen LogP contribution is 2.35. The number of rotatable bonds is 1. The van der Waals surface area contributed by atoms with Gasteiger partial charge < -0.3 is 5.32 Å². The largest absolute Gasteiger partial charge is 0.338 e. The van der Waals surface area contributed by atoms with Gasteiger partial charge in [0.1, 0.15) is 5.69 Å². The van der Waals surface area contributed by atoms with Crippen molar-refractivity contribution in [3.05, 3.63) is 82.5 Å². The summed E-state index contributed by atoms with van der Waals surface area (Å²) in [5.41, 5.74) is 4.90. The molecule has 4 heteroatoms. The zero-order valence-corrected chi connectivity index (χ0v) is 13.2. The van der Waals surface area contributed by atoms with Gasteiger partial charge in [0.25, 0.3) is 0 Å². The van der Waals surface area contributed by atoms with Crippen LogP contribution in [-0.4, -0.2) is 10.7 Å². The molecule has 2 aromatic carbocycles. The quantitative estimate of drug-likeness (QED) is 0.520. The number of aliphatic imine (C=N–C) groups is 1. The fraction of sp³-hybridized carbons (Fsp3) is 0. The second-order valence-corrected chi connectivity index (χ2v) is 5.84. The van der Waals surface area contributed by atoms with Gasteiger partial charge in [-0.15, -0.1) is 0 Å². The highest BCUT2D eigenvalue weighted by atomic mass is 79.9. The lowest BCUT2D eigenvalue weighted by atomic mass is 10.0. The number of halogens is 1. The van der Waals surface area contributed by atoms with Crippen molar-refractivity contribution >= 4 is 38.8 Å². The van der Waals surface area contributed by atoms with E-state index in [0.29, 0.717) is 0 Å². The van der Waals surface area contributed by atoms with Crippen LogP contribution in [0.5, 0.6) is 0 Å². The van der Waals surface area contributed by atoms with Crippen LogP contribution in [-0.2, 0) is 0 Å². The molecule has 1 aliphatic heterocycles.